The van der Waals surface area contributed by atoms with E-state index >= 15 is 0 Å². The molecule has 1 atom stereocenters. The van der Waals surface area contributed by atoms with E-state index in [1.165, 1.54) is 0 Å². The fraction of sp³-hybridized carbons (Fsp3) is 0.471. The minimum absolute atomic E-state index is 0.0294. The second-order valence-corrected chi connectivity index (χ2v) is 5.31. The molecule has 1 aliphatic rings. The van der Waals surface area contributed by atoms with Crippen molar-refractivity contribution in [1.29, 1.82) is 0 Å². The molecule has 112 valence electrons. The summed E-state index contributed by atoms with van der Waals surface area (Å²) in [5.41, 5.74) is 7.88. The van der Waals surface area contributed by atoms with Gasteiger partial charge in [-0.05, 0) is 31.9 Å². The fourth-order valence-electron chi connectivity index (χ4n) is 2.58. The molecular formula is C17H22N2O2. The maximum atomic E-state index is 12.8. The minimum Gasteiger partial charge on any atom is -0.380 e. The standard InChI is InChI=1S/C17H22N2O2/c1-13-7-8-14(5-3-9-18)16(11-13)17(20)19-10-4-6-15(12-19)21-2/h7-8,11,15H,4,6,9-10,12,18H2,1-2H3. The molecular weight excluding hydrogens is 264 g/mol. The quantitative estimate of drug-likeness (QED) is 0.839. The largest absolute Gasteiger partial charge is 0.380 e. The molecule has 4 heteroatoms. The lowest BCUT2D eigenvalue weighted by atomic mass is 10.0. The Labute approximate surface area is 126 Å². The third kappa shape index (κ3) is 3.84. The number of hydrogen-bond acceptors (Lipinski definition) is 3. The van der Waals surface area contributed by atoms with Gasteiger partial charge in [0.05, 0.1) is 18.2 Å². The van der Waals surface area contributed by atoms with Gasteiger partial charge in [0.25, 0.3) is 5.91 Å². The smallest absolute Gasteiger partial charge is 0.255 e. The minimum atomic E-state index is 0.0294. The van der Waals surface area contributed by atoms with Crippen molar-refractivity contribution in [3.8, 4) is 11.8 Å². The first-order valence-corrected chi connectivity index (χ1v) is 7.27. The normalized spacial score (nSPS) is 18.0. The van der Waals surface area contributed by atoms with E-state index in [0.29, 0.717) is 12.1 Å². The lowest BCUT2D eigenvalue weighted by molar-refractivity contribution is 0.0268. The number of carbonyl (C=O) groups is 1. The van der Waals surface area contributed by atoms with Crippen LogP contribution in [-0.4, -0.2) is 43.7 Å². The highest BCUT2D eigenvalue weighted by atomic mass is 16.5. The van der Waals surface area contributed by atoms with Crippen molar-refractivity contribution >= 4 is 5.91 Å². The first-order chi connectivity index (χ1) is 10.2. The van der Waals surface area contributed by atoms with Crippen molar-refractivity contribution in [2.75, 3.05) is 26.7 Å². The number of likely N-dealkylation sites (tertiary alicyclic amines) is 1. The number of aryl methyl sites for hydroxylation is 1. The van der Waals surface area contributed by atoms with Crippen LogP contribution in [0.3, 0.4) is 0 Å². The first kappa shape index (κ1) is 15.6. The van der Waals surface area contributed by atoms with Gasteiger partial charge in [-0.25, -0.2) is 0 Å². The predicted molar refractivity (Wildman–Crippen MR) is 83.0 cm³/mol. The number of amides is 1. The number of benzene rings is 1. The van der Waals surface area contributed by atoms with Gasteiger partial charge in [0.2, 0.25) is 0 Å². The second-order valence-electron chi connectivity index (χ2n) is 5.31. The van der Waals surface area contributed by atoms with E-state index in [2.05, 4.69) is 11.8 Å². The molecule has 0 spiro atoms. The van der Waals surface area contributed by atoms with Crippen LogP contribution < -0.4 is 5.73 Å². The van der Waals surface area contributed by atoms with Crippen molar-refractivity contribution in [2.45, 2.75) is 25.9 Å². The molecule has 0 radical (unpaired) electrons. The summed E-state index contributed by atoms with van der Waals surface area (Å²) in [5, 5.41) is 0. The van der Waals surface area contributed by atoms with Crippen LogP contribution in [0.4, 0.5) is 0 Å². The highest BCUT2D eigenvalue weighted by Crippen LogP contribution is 2.18. The van der Waals surface area contributed by atoms with Crippen LogP contribution in [0.5, 0.6) is 0 Å². The molecule has 2 N–H and O–H groups in total. The van der Waals surface area contributed by atoms with Gasteiger partial charge in [-0.15, -0.1) is 0 Å². The van der Waals surface area contributed by atoms with Crippen LogP contribution >= 0.6 is 0 Å². The van der Waals surface area contributed by atoms with Gasteiger partial charge in [-0.3, -0.25) is 4.79 Å². The molecule has 1 aromatic carbocycles. The van der Waals surface area contributed by atoms with Crippen molar-refractivity contribution in [3.63, 3.8) is 0 Å². The van der Waals surface area contributed by atoms with Crippen LogP contribution in [0.25, 0.3) is 0 Å². The predicted octanol–water partition coefficient (Wildman–Crippen LogP) is 1.56. The van der Waals surface area contributed by atoms with E-state index in [1.807, 2.05) is 30.0 Å². The van der Waals surface area contributed by atoms with Crippen LogP contribution in [-0.2, 0) is 4.74 Å². The van der Waals surface area contributed by atoms with E-state index in [-0.39, 0.29) is 18.6 Å². The number of ether oxygens (including phenoxy) is 1. The van der Waals surface area contributed by atoms with Crippen LogP contribution in [0.15, 0.2) is 18.2 Å². The maximum Gasteiger partial charge on any atom is 0.255 e. The summed E-state index contributed by atoms with van der Waals surface area (Å²) in [7, 11) is 1.70. The van der Waals surface area contributed by atoms with Crippen LogP contribution in [0, 0.1) is 18.8 Å². The average Bonchev–Trinajstić information content (AvgIpc) is 2.53. The molecule has 0 aromatic heterocycles. The van der Waals surface area contributed by atoms with Gasteiger partial charge in [0.15, 0.2) is 0 Å². The molecule has 1 fully saturated rings. The third-order valence-electron chi connectivity index (χ3n) is 3.73. The van der Waals surface area contributed by atoms with Gasteiger partial charge in [0, 0.05) is 25.8 Å². The number of carbonyl (C=O) groups excluding carboxylic acids is 1. The number of nitrogens with two attached hydrogens (primary N) is 1. The third-order valence-corrected chi connectivity index (χ3v) is 3.73. The summed E-state index contributed by atoms with van der Waals surface area (Å²) < 4.78 is 5.39. The van der Waals surface area contributed by atoms with E-state index in [0.717, 1.165) is 30.5 Å². The Balaban J connectivity index is 2.27. The monoisotopic (exact) mass is 286 g/mol. The van der Waals surface area contributed by atoms with E-state index < -0.39 is 0 Å². The molecule has 0 bridgehead atoms. The zero-order chi connectivity index (χ0) is 15.2. The van der Waals surface area contributed by atoms with Crippen molar-refractivity contribution in [3.05, 3.63) is 34.9 Å². The topological polar surface area (TPSA) is 55.6 Å². The summed E-state index contributed by atoms with van der Waals surface area (Å²) in [5.74, 6) is 5.85. The number of piperidine rings is 1. The maximum absolute atomic E-state index is 12.8. The number of hydrogen-bond donors (Lipinski definition) is 1. The summed E-state index contributed by atoms with van der Waals surface area (Å²) in [4.78, 5) is 14.6. The van der Waals surface area contributed by atoms with Crippen LogP contribution in [0.2, 0.25) is 0 Å². The molecule has 1 saturated heterocycles. The highest BCUT2D eigenvalue weighted by Gasteiger charge is 2.25. The number of rotatable bonds is 2. The summed E-state index contributed by atoms with van der Waals surface area (Å²) in [6.45, 7) is 3.69. The molecule has 1 aromatic rings. The molecule has 4 nitrogen and oxygen atoms in total. The Morgan fingerprint density at radius 2 is 2.33 bits per heavy atom. The Morgan fingerprint density at radius 3 is 3.05 bits per heavy atom. The van der Waals surface area contributed by atoms with Crippen molar-refractivity contribution in [1.82, 2.24) is 4.90 Å². The SMILES string of the molecule is COC1CCCN(C(=O)c2cc(C)ccc2C#CCN)C1. The lowest BCUT2D eigenvalue weighted by Crippen LogP contribution is -2.43. The summed E-state index contributed by atoms with van der Waals surface area (Å²) >= 11 is 0. The van der Waals surface area contributed by atoms with Gasteiger partial charge in [0.1, 0.15) is 0 Å². The molecule has 0 aliphatic carbocycles. The first-order valence-electron chi connectivity index (χ1n) is 7.27. The molecule has 1 amide bonds. The van der Waals surface area contributed by atoms with Gasteiger partial charge < -0.3 is 15.4 Å². The van der Waals surface area contributed by atoms with Crippen LogP contribution in [0.1, 0.15) is 34.3 Å². The second kappa shape index (κ2) is 7.26. The van der Waals surface area contributed by atoms with Gasteiger partial charge >= 0.3 is 0 Å². The molecule has 1 heterocycles. The zero-order valence-corrected chi connectivity index (χ0v) is 12.7. The molecule has 2 rings (SSSR count). The van der Waals surface area contributed by atoms with Gasteiger partial charge in [-0.1, -0.05) is 23.5 Å². The van der Waals surface area contributed by atoms with E-state index in [4.69, 9.17) is 10.5 Å². The number of nitrogens with zero attached hydrogens (tertiary/aromatic N) is 1. The van der Waals surface area contributed by atoms with E-state index in [1.54, 1.807) is 7.11 Å². The molecule has 1 unspecified atom stereocenters. The van der Waals surface area contributed by atoms with E-state index in [9.17, 15) is 4.79 Å². The number of methoxy groups -OCH3 is 1. The molecule has 0 saturated carbocycles. The van der Waals surface area contributed by atoms with Crippen molar-refractivity contribution in [2.24, 2.45) is 5.73 Å². The Kier molecular flexibility index (Phi) is 5.38. The summed E-state index contributed by atoms with van der Waals surface area (Å²) in [6.07, 6.45) is 2.11. The van der Waals surface area contributed by atoms with Gasteiger partial charge in [-0.2, -0.15) is 0 Å². The Bertz CT molecular complexity index is 572. The fourth-order valence-corrected chi connectivity index (χ4v) is 2.58. The molecule has 21 heavy (non-hydrogen) atoms. The lowest BCUT2D eigenvalue weighted by Gasteiger charge is -2.32. The average molecular weight is 286 g/mol. The molecule has 1 aliphatic heterocycles. The summed E-state index contributed by atoms with van der Waals surface area (Å²) in [6, 6.07) is 5.76. The van der Waals surface area contributed by atoms with Crippen molar-refractivity contribution < 1.29 is 9.53 Å². The zero-order valence-electron chi connectivity index (χ0n) is 12.7. The Morgan fingerprint density at radius 1 is 1.52 bits per heavy atom. The Hall–Kier alpha value is -1.83. The highest BCUT2D eigenvalue weighted by molar-refractivity contribution is 5.97.